The number of carbonyl (C=O) groups excluding carboxylic acids is 3. The minimum absolute atomic E-state index is 0.336. The van der Waals surface area contributed by atoms with E-state index in [2.05, 4.69) is 5.32 Å². The highest BCUT2D eigenvalue weighted by atomic mass is 35.5. The fourth-order valence-electron chi connectivity index (χ4n) is 3.06. The highest BCUT2D eigenvalue weighted by Crippen LogP contribution is 2.28. The van der Waals surface area contributed by atoms with E-state index in [4.69, 9.17) is 11.6 Å². The topological polar surface area (TPSA) is 66.5 Å². The summed E-state index contributed by atoms with van der Waals surface area (Å²) in [5, 5.41) is 3.36. The molecule has 2 aromatic carbocycles. The summed E-state index contributed by atoms with van der Waals surface area (Å²) in [6.45, 7) is 1.80. The Balaban J connectivity index is 1.90. The summed E-state index contributed by atoms with van der Waals surface area (Å²) in [5.74, 6) is -0.622. The summed E-state index contributed by atoms with van der Waals surface area (Å²) in [5.41, 5.74) is 1.98. The normalized spacial score (nSPS) is 14.3. The third-order valence-electron chi connectivity index (χ3n) is 4.56. The van der Waals surface area contributed by atoms with Gasteiger partial charge in [-0.3, -0.25) is 19.3 Å². The SMILES string of the molecule is CSCC[C@@H](C(=O)Nc1cccc(Cl)c1C)N1C(=O)c2ccccc2C1=O. The number of nitrogens with zero attached hydrogens (tertiary/aromatic N) is 1. The monoisotopic (exact) mass is 402 g/mol. The Bertz CT molecular complexity index is 881. The van der Waals surface area contributed by atoms with Crippen LogP contribution in [0, 0.1) is 6.92 Å². The number of rotatable bonds is 6. The van der Waals surface area contributed by atoms with E-state index in [1.54, 1.807) is 61.2 Å². The summed E-state index contributed by atoms with van der Waals surface area (Å²) in [6.07, 6.45) is 2.29. The number of carbonyl (C=O) groups is 3. The lowest BCUT2D eigenvalue weighted by Crippen LogP contribution is -2.47. The molecular formula is C20H19ClN2O3S. The van der Waals surface area contributed by atoms with E-state index < -0.39 is 23.8 Å². The van der Waals surface area contributed by atoms with Gasteiger partial charge in [0.05, 0.1) is 11.1 Å². The Morgan fingerprint density at radius 1 is 1.11 bits per heavy atom. The van der Waals surface area contributed by atoms with E-state index in [1.807, 2.05) is 6.26 Å². The molecule has 140 valence electrons. The van der Waals surface area contributed by atoms with Crippen molar-refractivity contribution in [2.45, 2.75) is 19.4 Å². The molecule has 0 radical (unpaired) electrons. The van der Waals surface area contributed by atoms with Gasteiger partial charge < -0.3 is 5.32 Å². The minimum Gasteiger partial charge on any atom is -0.324 e. The van der Waals surface area contributed by atoms with Crippen LogP contribution in [0.15, 0.2) is 42.5 Å². The molecule has 0 saturated heterocycles. The van der Waals surface area contributed by atoms with Gasteiger partial charge in [-0.05, 0) is 55.2 Å². The molecule has 0 aliphatic carbocycles. The van der Waals surface area contributed by atoms with Gasteiger partial charge in [0.15, 0.2) is 0 Å². The number of benzene rings is 2. The van der Waals surface area contributed by atoms with Crippen LogP contribution in [0.1, 0.15) is 32.7 Å². The van der Waals surface area contributed by atoms with Gasteiger partial charge in [-0.2, -0.15) is 11.8 Å². The van der Waals surface area contributed by atoms with Crippen LogP contribution in [0.3, 0.4) is 0 Å². The number of imide groups is 1. The first-order chi connectivity index (χ1) is 13.0. The Morgan fingerprint density at radius 3 is 2.33 bits per heavy atom. The summed E-state index contributed by atoms with van der Waals surface area (Å²) < 4.78 is 0. The maximum absolute atomic E-state index is 13.0. The van der Waals surface area contributed by atoms with Crippen molar-refractivity contribution >= 4 is 46.8 Å². The molecule has 1 aliphatic heterocycles. The molecule has 3 rings (SSSR count). The zero-order valence-corrected chi connectivity index (χ0v) is 16.6. The fourth-order valence-corrected chi connectivity index (χ4v) is 3.69. The highest BCUT2D eigenvalue weighted by Gasteiger charge is 2.42. The van der Waals surface area contributed by atoms with Crippen LogP contribution in [0.2, 0.25) is 5.02 Å². The van der Waals surface area contributed by atoms with Crippen LogP contribution in [0.25, 0.3) is 0 Å². The van der Waals surface area contributed by atoms with Crippen molar-refractivity contribution in [3.8, 4) is 0 Å². The minimum atomic E-state index is -0.886. The molecule has 0 unspecified atom stereocenters. The number of amides is 3. The maximum Gasteiger partial charge on any atom is 0.262 e. The second kappa shape index (κ2) is 8.15. The van der Waals surface area contributed by atoms with Crippen molar-refractivity contribution in [3.05, 3.63) is 64.2 Å². The van der Waals surface area contributed by atoms with Gasteiger partial charge >= 0.3 is 0 Å². The van der Waals surface area contributed by atoms with E-state index in [-0.39, 0.29) is 0 Å². The first kappa shape index (κ1) is 19.5. The molecule has 0 spiro atoms. The Hall–Kier alpha value is -2.31. The lowest BCUT2D eigenvalue weighted by molar-refractivity contribution is -0.120. The Labute approximate surface area is 167 Å². The van der Waals surface area contributed by atoms with Crippen LogP contribution >= 0.6 is 23.4 Å². The van der Waals surface area contributed by atoms with Crippen LogP contribution < -0.4 is 5.32 Å². The van der Waals surface area contributed by atoms with Crippen LogP contribution in [0.4, 0.5) is 5.69 Å². The van der Waals surface area contributed by atoms with Gasteiger partial charge in [-0.1, -0.05) is 29.8 Å². The second-order valence-electron chi connectivity index (χ2n) is 6.22. The molecular weight excluding hydrogens is 384 g/mol. The molecule has 7 heteroatoms. The van der Waals surface area contributed by atoms with E-state index in [0.717, 1.165) is 10.5 Å². The molecule has 1 N–H and O–H groups in total. The van der Waals surface area contributed by atoms with E-state index in [9.17, 15) is 14.4 Å². The lowest BCUT2D eigenvalue weighted by atomic mass is 10.1. The lowest BCUT2D eigenvalue weighted by Gasteiger charge is -2.25. The molecule has 0 fully saturated rings. The molecule has 0 saturated carbocycles. The van der Waals surface area contributed by atoms with Crippen molar-refractivity contribution in [2.24, 2.45) is 0 Å². The van der Waals surface area contributed by atoms with E-state index in [0.29, 0.717) is 34.0 Å². The maximum atomic E-state index is 13.0. The first-order valence-corrected chi connectivity index (χ1v) is 10.2. The van der Waals surface area contributed by atoms with Gasteiger partial charge in [0, 0.05) is 10.7 Å². The number of thioether (sulfide) groups is 1. The molecule has 1 heterocycles. The smallest absolute Gasteiger partial charge is 0.262 e. The molecule has 0 aromatic heterocycles. The average molecular weight is 403 g/mol. The first-order valence-electron chi connectivity index (χ1n) is 8.47. The number of anilines is 1. The van der Waals surface area contributed by atoms with Gasteiger partial charge in [-0.25, -0.2) is 0 Å². The number of halogens is 1. The van der Waals surface area contributed by atoms with Crippen molar-refractivity contribution in [3.63, 3.8) is 0 Å². The third-order valence-corrected chi connectivity index (χ3v) is 5.61. The van der Waals surface area contributed by atoms with Crippen LogP contribution in [-0.4, -0.2) is 40.7 Å². The average Bonchev–Trinajstić information content (AvgIpc) is 2.91. The predicted molar refractivity (Wildman–Crippen MR) is 109 cm³/mol. The van der Waals surface area contributed by atoms with Crippen LogP contribution in [-0.2, 0) is 4.79 Å². The second-order valence-corrected chi connectivity index (χ2v) is 7.62. The quantitative estimate of drug-likeness (QED) is 0.741. The summed E-state index contributed by atoms with van der Waals surface area (Å²) in [7, 11) is 0. The molecule has 0 bridgehead atoms. The number of hydrogen-bond acceptors (Lipinski definition) is 4. The third kappa shape index (κ3) is 3.73. The standard InChI is InChI=1S/C20H19ClN2O3S/c1-12-15(21)8-5-9-16(12)22-18(24)17(10-11-27-2)23-19(25)13-6-3-4-7-14(13)20(23)26/h3-9,17H,10-11H2,1-2H3,(H,22,24)/t17-/m0/s1. The van der Waals surface area contributed by atoms with Gasteiger partial charge in [0.1, 0.15) is 6.04 Å². The van der Waals surface area contributed by atoms with Crippen molar-refractivity contribution in [1.29, 1.82) is 0 Å². The molecule has 1 aliphatic rings. The van der Waals surface area contributed by atoms with Crippen LogP contribution in [0.5, 0.6) is 0 Å². The van der Waals surface area contributed by atoms with Crippen molar-refractivity contribution < 1.29 is 14.4 Å². The Morgan fingerprint density at radius 2 is 1.74 bits per heavy atom. The zero-order chi connectivity index (χ0) is 19.6. The number of hydrogen-bond donors (Lipinski definition) is 1. The van der Waals surface area contributed by atoms with Gasteiger partial charge in [0.25, 0.3) is 11.8 Å². The molecule has 2 aromatic rings. The van der Waals surface area contributed by atoms with E-state index in [1.165, 1.54) is 0 Å². The summed E-state index contributed by atoms with van der Waals surface area (Å²) in [6, 6.07) is 11.0. The molecule has 1 atom stereocenters. The molecule has 5 nitrogen and oxygen atoms in total. The number of nitrogens with one attached hydrogen (secondary N) is 1. The molecule has 27 heavy (non-hydrogen) atoms. The van der Waals surface area contributed by atoms with Crippen molar-refractivity contribution in [1.82, 2.24) is 4.90 Å². The van der Waals surface area contributed by atoms with E-state index >= 15 is 0 Å². The van der Waals surface area contributed by atoms with Gasteiger partial charge in [-0.15, -0.1) is 0 Å². The zero-order valence-electron chi connectivity index (χ0n) is 15.0. The fraction of sp³-hybridized carbons (Fsp3) is 0.250. The Kier molecular flexibility index (Phi) is 5.87. The van der Waals surface area contributed by atoms with Gasteiger partial charge in [0.2, 0.25) is 5.91 Å². The predicted octanol–water partition coefficient (Wildman–Crippen LogP) is 4.00. The molecule has 3 amide bonds. The number of fused-ring (bicyclic) bond motifs is 1. The largest absolute Gasteiger partial charge is 0.324 e. The van der Waals surface area contributed by atoms with Crippen molar-refractivity contribution in [2.75, 3.05) is 17.3 Å². The highest BCUT2D eigenvalue weighted by molar-refractivity contribution is 7.98. The summed E-state index contributed by atoms with van der Waals surface area (Å²) in [4.78, 5) is 39.7. The summed E-state index contributed by atoms with van der Waals surface area (Å²) >= 11 is 7.68.